The highest BCUT2D eigenvalue weighted by Crippen LogP contribution is 2.38. The molecule has 0 aliphatic carbocycles. The van der Waals surface area contributed by atoms with Crippen LogP contribution < -0.4 is 0 Å². The molecular weight excluding hydrogens is 344 g/mol. The Morgan fingerprint density at radius 3 is 2.00 bits per heavy atom. The second-order valence-corrected chi connectivity index (χ2v) is 7.28. The Kier molecular flexibility index (Phi) is 4.58. The molecule has 2 unspecified atom stereocenters. The van der Waals surface area contributed by atoms with Crippen LogP contribution in [-0.2, 0) is 4.79 Å². The lowest BCUT2D eigenvalue weighted by Gasteiger charge is -2.28. The van der Waals surface area contributed by atoms with Crippen LogP contribution in [0.3, 0.4) is 0 Å². The number of hydrogen-bond donors (Lipinski definition) is 1. The summed E-state index contributed by atoms with van der Waals surface area (Å²) in [4.78, 5) is 10.6. The van der Waals surface area contributed by atoms with E-state index in [1.807, 2.05) is 6.92 Å². The molecule has 11 heavy (non-hydrogen) atoms. The van der Waals surface area contributed by atoms with E-state index in [-0.39, 0.29) is 3.74 Å². The number of carbonyl (C=O) groups is 1. The molecule has 1 N–H and O–H groups in total. The fraction of sp³-hybridized carbons (Fsp3) is 0.833. The fourth-order valence-corrected chi connectivity index (χ4v) is 1.42. The van der Waals surface area contributed by atoms with Gasteiger partial charge in [-0.05, 0) is 6.92 Å². The lowest BCUT2D eigenvalue weighted by molar-refractivity contribution is -0.141. The molecule has 0 heterocycles. The Morgan fingerprint density at radius 2 is 1.91 bits per heavy atom. The number of hydrogen-bond acceptors (Lipinski definition) is 1. The zero-order valence-corrected chi connectivity index (χ0v) is 10.9. The van der Waals surface area contributed by atoms with Crippen molar-refractivity contribution in [3.05, 3.63) is 0 Å². The molecule has 0 rings (SSSR count). The van der Waals surface area contributed by atoms with E-state index in [0.29, 0.717) is 0 Å². The third kappa shape index (κ3) is 3.03. The maximum absolute atomic E-state index is 10.6. The first-order valence-corrected chi connectivity index (χ1v) is 5.62. The van der Waals surface area contributed by atoms with Crippen LogP contribution in [0, 0.1) is 5.92 Å². The number of aliphatic carboxylic acids is 1. The Balaban J connectivity index is 4.41. The van der Waals surface area contributed by atoms with Crippen molar-refractivity contribution in [1.29, 1.82) is 0 Å². The SMILES string of the molecule is CC(C(=O)O)C(C)(Br)C(Br)Br. The minimum Gasteiger partial charge on any atom is -0.481 e. The van der Waals surface area contributed by atoms with Crippen LogP contribution in [0.15, 0.2) is 0 Å². The van der Waals surface area contributed by atoms with E-state index in [2.05, 4.69) is 47.8 Å². The summed E-state index contributed by atoms with van der Waals surface area (Å²) in [7, 11) is 0. The largest absolute Gasteiger partial charge is 0.481 e. The summed E-state index contributed by atoms with van der Waals surface area (Å²) in [5.41, 5.74) is 0. The second kappa shape index (κ2) is 4.23. The highest BCUT2D eigenvalue weighted by atomic mass is 79.9. The van der Waals surface area contributed by atoms with Gasteiger partial charge >= 0.3 is 5.97 Å². The zero-order valence-electron chi connectivity index (χ0n) is 6.14. The van der Waals surface area contributed by atoms with E-state index in [9.17, 15) is 4.79 Å². The Bertz CT molecular complexity index is 156. The molecule has 5 heteroatoms. The van der Waals surface area contributed by atoms with Gasteiger partial charge in [-0.15, -0.1) is 0 Å². The molecule has 0 aliphatic heterocycles. The predicted molar refractivity (Wildman–Crippen MR) is 55.8 cm³/mol. The molecule has 0 bridgehead atoms. The second-order valence-electron chi connectivity index (χ2n) is 2.51. The maximum Gasteiger partial charge on any atom is 0.307 e. The minimum atomic E-state index is -0.812. The van der Waals surface area contributed by atoms with Gasteiger partial charge < -0.3 is 5.11 Å². The van der Waals surface area contributed by atoms with Gasteiger partial charge in [0.25, 0.3) is 0 Å². The Labute approximate surface area is 91.1 Å². The van der Waals surface area contributed by atoms with Crippen LogP contribution in [0.1, 0.15) is 13.8 Å². The molecule has 0 saturated carbocycles. The lowest BCUT2D eigenvalue weighted by atomic mass is 9.98. The standard InChI is InChI=1S/C6H9Br3O2/c1-3(4(10)11)6(2,9)5(7)8/h3,5H,1-2H3,(H,10,11). The highest BCUT2D eigenvalue weighted by molar-refractivity contribution is 9.25. The number of carboxylic acid groups (broad SMARTS) is 1. The van der Waals surface area contributed by atoms with Crippen LogP contribution in [0.5, 0.6) is 0 Å². The van der Waals surface area contributed by atoms with Crippen LogP contribution in [-0.4, -0.2) is 19.1 Å². The van der Waals surface area contributed by atoms with Crippen LogP contribution in [0.25, 0.3) is 0 Å². The molecule has 0 saturated heterocycles. The summed E-state index contributed by atoms with van der Waals surface area (Å²) < 4.78 is -0.535. The molecule has 0 aliphatic rings. The van der Waals surface area contributed by atoms with Crippen molar-refractivity contribution in [3.63, 3.8) is 0 Å². The normalized spacial score (nSPS) is 19.5. The van der Waals surface area contributed by atoms with Crippen molar-refractivity contribution >= 4 is 53.8 Å². The molecule has 0 amide bonds. The zero-order chi connectivity index (χ0) is 9.23. The lowest BCUT2D eigenvalue weighted by Crippen LogP contribution is -2.37. The van der Waals surface area contributed by atoms with Crippen molar-refractivity contribution in [3.8, 4) is 0 Å². The van der Waals surface area contributed by atoms with Gasteiger partial charge in [-0.25, -0.2) is 0 Å². The molecule has 0 aromatic heterocycles. The van der Waals surface area contributed by atoms with Crippen LogP contribution >= 0.6 is 47.8 Å². The monoisotopic (exact) mass is 350 g/mol. The van der Waals surface area contributed by atoms with Gasteiger partial charge in [0.2, 0.25) is 0 Å². The van der Waals surface area contributed by atoms with Gasteiger partial charge in [0, 0.05) is 0 Å². The summed E-state index contributed by atoms with van der Waals surface area (Å²) in [6.45, 7) is 3.48. The molecule has 2 nitrogen and oxygen atoms in total. The highest BCUT2D eigenvalue weighted by Gasteiger charge is 2.38. The van der Waals surface area contributed by atoms with Gasteiger partial charge in [-0.2, -0.15) is 0 Å². The van der Waals surface area contributed by atoms with E-state index < -0.39 is 16.2 Å². The van der Waals surface area contributed by atoms with Crippen molar-refractivity contribution in [2.75, 3.05) is 0 Å². The number of rotatable bonds is 3. The van der Waals surface area contributed by atoms with E-state index >= 15 is 0 Å². The van der Waals surface area contributed by atoms with Crippen LogP contribution in [0.4, 0.5) is 0 Å². The Morgan fingerprint density at radius 1 is 1.55 bits per heavy atom. The van der Waals surface area contributed by atoms with E-state index in [1.165, 1.54) is 0 Å². The molecule has 0 aromatic rings. The first-order valence-electron chi connectivity index (χ1n) is 3.00. The summed E-state index contributed by atoms with van der Waals surface area (Å²) in [6.07, 6.45) is 0. The average molecular weight is 353 g/mol. The number of carboxylic acids is 1. The third-order valence-electron chi connectivity index (χ3n) is 1.64. The third-order valence-corrected chi connectivity index (χ3v) is 5.92. The smallest absolute Gasteiger partial charge is 0.307 e. The van der Waals surface area contributed by atoms with E-state index in [0.717, 1.165) is 0 Å². The molecule has 0 spiro atoms. The summed E-state index contributed by atoms with van der Waals surface area (Å²) in [5.74, 6) is -1.26. The molecule has 0 radical (unpaired) electrons. The first-order chi connectivity index (χ1) is 4.80. The van der Waals surface area contributed by atoms with E-state index in [4.69, 9.17) is 5.11 Å². The van der Waals surface area contributed by atoms with Gasteiger partial charge in [-0.3, -0.25) is 4.79 Å². The van der Waals surface area contributed by atoms with Crippen molar-refractivity contribution in [2.45, 2.75) is 21.9 Å². The quantitative estimate of drug-likeness (QED) is 0.793. The van der Waals surface area contributed by atoms with Gasteiger partial charge in [0.05, 0.1) is 14.0 Å². The number of halogens is 3. The topological polar surface area (TPSA) is 37.3 Å². The minimum absolute atomic E-state index is 0.0615. The molecule has 66 valence electrons. The van der Waals surface area contributed by atoms with Crippen molar-refractivity contribution in [1.82, 2.24) is 0 Å². The predicted octanol–water partition coefficient (Wildman–Crippen LogP) is 2.98. The van der Waals surface area contributed by atoms with Gasteiger partial charge in [0.15, 0.2) is 0 Å². The molecule has 0 aromatic carbocycles. The van der Waals surface area contributed by atoms with Crippen molar-refractivity contribution in [2.24, 2.45) is 5.92 Å². The average Bonchev–Trinajstić information content (AvgIpc) is 1.85. The van der Waals surface area contributed by atoms with E-state index in [1.54, 1.807) is 6.92 Å². The fourth-order valence-electron chi connectivity index (χ4n) is 0.430. The van der Waals surface area contributed by atoms with Crippen molar-refractivity contribution < 1.29 is 9.90 Å². The van der Waals surface area contributed by atoms with Gasteiger partial charge in [-0.1, -0.05) is 54.7 Å². The van der Waals surface area contributed by atoms with Crippen LogP contribution in [0.2, 0.25) is 0 Å². The summed E-state index contributed by atoms with van der Waals surface area (Å²) in [5, 5.41) is 8.69. The maximum atomic E-state index is 10.6. The summed E-state index contributed by atoms with van der Waals surface area (Å²) >= 11 is 9.88. The number of alkyl halides is 3. The molecule has 2 atom stereocenters. The van der Waals surface area contributed by atoms with Gasteiger partial charge in [0.1, 0.15) is 0 Å². The first kappa shape index (κ1) is 11.9. The Hall–Kier alpha value is 0.910. The molecule has 0 fully saturated rings. The summed E-state index contributed by atoms with van der Waals surface area (Å²) in [6, 6.07) is 0. The molecular formula is C6H9Br3O2.